The van der Waals surface area contributed by atoms with Crippen LogP contribution in [0.3, 0.4) is 0 Å². The van der Waals surface area contributed by atoms with Crippen LogP contribution >= 0.6 is 0 Å². The Labute approximate surface area is 198 Å². The van der Waals surface area contributed by atoms with E-state index in [4.69, 9.17) is 0 Å². The summed E-state index contributed by atoms with van der Waals surface area (Å²) < 4.78 is 0. The molecule has 5 heteroatoms. The number of nitrogens with one attached hydrogen (secondary N) is 1. The molecule has 5 aliphatic rings. The van der Waals surface area contributed by atoms with Gasteiger partial charge in [-0.2, -0.15) is 0 Å². The SMILES string of the molecule is Cc1ccc(CN2CCc3c(ncnc3NCC(O)C34CC5CC(CC(C5)C3)C4)C2)cc1C. The molecule has 0 radical (unpaired) electrons. The summed E-state index contributed by atoms with van der Waals surface area (Å²) in [6.07, 6.45) is 10.3. The maximum atomic E-state index is 11.3. The van der Waals surface area contributed by atoms with Gasteiger partial charge in [0, 0.05) is 31.7 Å². The van der Waals surface area contributed by atoms with E-state index in [9.17, 15) is 5.11 Å². The van der Waals surface area contributed by atoms with E-state index in [1.54, 1.807) is 6.33 Å². The minimum atomic E-state index is -0.276. The van der Waals surface area contributed by atoms with Crippen LogP contribution in [-0.4, -0.2) is 39.2 Å². The molecule has 33 heavy (non-hydrogen) atoms. The summed E-state index contributed by atoms with van der Waals surface area (Å²) in [7, 11) is 0. The van der Waals surface area contributed by atoms with E-state index < -0.39 is 0 Å². The molecule has 176 valence electrons. The van der Waals surface area contributed by atoms with E-state index in [-0.39, 0.29) is 11.5 Å². The molecule has 1 aromatic carbocycles. The number of aliphatic hydroxyl groups excluding tert-OH is 1. The number of hydrogen-bond acceptors (Lipinski definition) is 5. The number of fused-ring (bicyclic) bond motifs is 1. The Morgan fingerprint density at radius 2 is 1.79 bits per heavy atom. The van der Waals surface area contributed by atoms with Gasteiger partial charge < -0.3 is 10.4 Å². The standard InChI is InChI=1S/C28H38N4O/c1-18-3-4-20(7-19(18)2)15-32-6-5-24-25(16-32)30-17-31-27(24)29-14-26(33)28-11-21-8-22(12-28)10-23(9-21)13-28/h3-4,7,17,21-23,26,33H,5-6,8-16H2,1-2H3,(H,29,30,31). The van der Waals surface area contributed by atoms with Crippen molar-refractivity contribution in [2.45, 2.75) is 78.0 Å². The van der Waals surface area contributed by atoms with Crippen molar-refractivity contribution in [3.05, 3.63) is 52.5 Å². The number of aromatic nitrogens is 2. The lowest BCUT2D eigenvalue weighted by atomic mass is 9.48. The lowest BCUT2D eigenvalue weighted by molar-refractivity contribution is -0.115. The summed E-state index contributed by atoms with van der Waals surface area (Å²) in [4.78, 5) is 11.7. The zero-order valence-electron chi connectivity index (χ0n) is 20.2. The third-order valence-electron chi connectivity index (χ3n) is 9.32. The zero-order chi connectivity index (χ0) is 22.6. The molecule has 7 rings (SSSR count). The molecule has 0 spiro atoms. The van der Waals surface area contributed by atoms with E-state index in [1.807, 2.05) is 0 Å². The number of benzene rings is 1. The maximum Gasteiger partial charge on any atom is 0.133 e. The Balaban J connectivity index is 1.11. The van der Waals surface area contributed by atoms with Gasteiger partial charge in [-0.1, -0.05) is 18.2 Å². The summed E-state index contributed by atoms with van der Waals surface area (Å²) in [6.45, 7) is 7.80. The monoisotopic (exact) mass is 446 g/mol. The smallest absolute Gasteiger partial charge is 0.133 e. The largest absolute Gasteiger partial charge is 0.391 e. The van der Waals surface area contributed by atoms with Crippen molar-refractivity contribution in [2.24, 2.45) is 23.2 Å². The highest BCUT2D eigenvalue weighted by Crippen LogP contribution is 2.61. The molecular formula is C28H38N4O. The quantitative estimate of drug-likeness (QED) is 0.677. The topological polar surface area (TPSA) is 61.3 Å². The highest BCUT2D eigenvalue weighted by Gasteiger charge is 2.53. The molecule has 4 fully saturated rings. The Hall–Kier alpha value is -1.98. The zero-order valence-corrected chi connectivity index (χ0v) is 20.2. The van der Waals surface area contributed by atoms with Crippen LogP contribution in [0.1, 0.15) is 66.5 Å². The predicted molar refractivity (Wildman–Crippen MR) is 131 cm³/mol. The van der Waals surface area contributed by atoms with E-state index in [0.29, 0.717) is 6.54 Å². The van der Waals surface area contributed by atoms with Crippen molar-refractivity contribution in [2.75, 3.05) is 18.4 Å². The molecule has 1 unspecified atom stereocenters. The van der Waals surface area contributed by atoms with Crippen molar-refractivity contribution >= 4 is 5.82 Å². The summed E-state index contributed by atoms with van der Waals surface area (Å²) in [5.41, 5.74) is 6.60. The van der Waals surface area contributed by atoms with Gasteiger partial charge in [-0.25, -0.2) is 9.97 Å². The average molecular weight is 447 g/mol. The van der Waals surface area contributed by atoms with Crippen molar-refractivity contribution in [1.29, 1.82) is 0 Å². The molecule has 2 heterocycles. The van der Waals surface area contributed by atoms with Gasteiger partial charge in [0.05, 0.1) is 11.8 Å². The minimum Gasteiger partial charge on any atom is -0.391 e. The van der Waals surface area contributed by atoms with Crippen molar-refractivity contribution in [1.82, 2.24) is 14.9 Å². The molecule has 4 saturated carbocycles. The van der Waals surface area contributed by atoms with Crippen LogP contribution in [0.5, 0.6) is 0 Å². The molecule has 5 nitrogen and oxygen atoms in total. The molecule has 2 aromatic rings. The maximum absolute atomic E-state index is 11.3. The first-order chi connectivity index (χ1) is 16.0. The van der Waals surface area contributed by atoms with E-state index in [1.165, 1.54) is 60.8 Å². The van der Waals surface area contributed by atoms with Crippen LogP contribution in [0.4, 0.5) is 5.82 Å². The Morgan fingerprint density at radius 1 is 1.06 bits per heavy atom. The molecule has 4 bridgehead atoms. The number of rotatable bonds is 6. The van der Waals surface area contributed by atoms with Crippen LogP contribution in [-0.2, 0) is 19.5 Å². The van der Waals surface area contributed by atoms with Gasteiger partial charge in [-0.05, 0) is 98.7 Å². The molecular weight excluding hydrogens is 408 g/mol. The fourth-order valence-corrected chi connectivity index (χ4v) is 7.85. The third-order valence-corrected chi connectivity index (χ3v) is 9.32. The van der Waals surface area contributed by atoms with Gasteiger partial charge in [0.25, 0.3) is 0 Å². The van der Waals surface area contributed by atoms with Crippen LogP contribution < -0.4 is 5.32 Å². The van der Waals surface area contributed by atoms with Crippen molar-refractivity contribution < 1.29 is 5.11 Å². The lowest BCUT2D eigenvalue weighted by Crippen LogP contribution is -2.53. The Morgan fingerprint density at radius 3 is 2.48 bits per heavy atom. The van der Waals surface area contributed by atoms with Gasteiger partial charge >= 0.3 is 0 Å². The van der Waals surface area contributed by atoms with Crippen molar-refractivity contribution in [3.8, 4) is 0 Å². The fraction of sp³-hybridized carbons (Fsp3) is 0.643. The number of aryl methyl sites for hydroxylation is 2. The first-order valence-corrected chi connectivity index (χ1v) is 13.0. The Kier molecular flexibility index (Phi) is 5.45. The molecule has 1 atom stereocenters. The summed E-state index contributed by atoms with van der Waals surface area (Å²) in [5.74, 6) is 3.53. The molecule has 1 aromatic heterocycles. The highest BCUT2D eigenvalue weighted by molar-refractivity contribution is 5.47. The van der Waals surface area contributed by atoms with E-state index in [0.717, 1.165) is 55.3 Å². The fourth-order valence-electron chi connectivity index (χ4n) is 7.85. The van der Waals surface area contributed by atoms with Gasteiger partial charge in [0.1, 0.15) is 12.1 Å². The number of hydrogen-bond donors (Lipinski definition) is 2. The normalized spacial score (nSPS) is 31.4. The van der Waals surface area contributed by atoms with Crippen LogP contribution in [0.15, 0.2) is 24.5 Å². The van der Waals surface area contributed by atoms with Gasteiger partial charge in [0.2, 0.25) is 0 Å². The predicted octanol–water partition coefficient (Wildman–Crippen LogP) is 4.64. The third kappa shape index (κ3) is 4.08. The van der Waals surface area contributed by atoms with E-state index in [2.05, 4.69) is 52.2 Å². The van der Waals surface area contributed by atoms with Gasteiger partial charge in [-0.3, -0.25) is 4.90 Å². The van der Waals surface area contributed by atoms with Gasteiger partial charge in [0.15, 0.2) is 0 Å². The number of nitrogens with zero attached hydrogens (tertiary/aromatic N) is 3. The summed E-state index contributed by atoms with van der Waals surface area (Å²) in [5, 5.41) is 14.9. The highest BCUT2D eigenvalue weighted by atomic mass is 16.3. The first kappa shape index (κ1) is 21.5. The van der Waals surface area contributed by atoms with Crippen LogP contribution in [0.25, 0.3) is 0 Å². The second-order valence-corrected chi connectivity index (χ2v) is 11.7. The number of anilines is 1. The van der Waals surface area contributed by atoms with Crippen molar-refractivity contribution in [3.63, 3.8) is 0 Å². The van der Waals surface area contributed by atoms with Crippen LogP contribution in [0, 0.1) is 37.0 Å². The summed E-state index contributed by atoms with van der Waals surface area (Å²) in [6, 6.07) is 6.78. The first-order valence-electron chi connectivity index (χ1n) is 13.0. The molecule has 4 aliphatic carbocycles. The van der Waals surface area contributed by atoms with E-state index >= 15 is 0 Å². The molecule has 0 saturated heterocycles. The lowest BCUT2D eigenvalue weighted by Gasteiger charge is -2.58. The Bertz CT molecular complexity index is 999. The molecule has 0 amide bonds. The van der Waals surface area contributed by atoms with Crippen LogP contribution in [0.2, 0.25) is 0 Å². The van der Waals surface area contributed by atoms with Gasteiger partial charge in [-0.15, -0.1) is 0 Å². The molecule has 2 N–H and O–H groups in total. The minimum absolute atomic E-state index is 0.151. The second-order valence-electron chi connectivity index (χ2n) is 11.7. The number of aliphatic hydroxyl groups is 1. The summed E-state index contributed by atoms with van der Waals surface area (Å²) >= 11 is 0. The second kappa shape index (κ2) is 8.35. The molecule has 1 aliphatic heterocycles. The average Bonchev–Trinajstić information content (AvgIpc) is 2.79.